The van der Waals surface area contributed by atoms with Crippen molar-refractivity contribution in [1.82, 2.24) is 5.32 Å². The Kier molecular flexibility index (Phi) is 6.89. The van der Waals surface area contributed by atoms with Crippen LogP contribution in [0, 0.1) is 18.3 Å². The van der Waals surface area contributed by atoms with E-state index in [1.807, 2.05) is 31.2 Å². The van der Waals surface area contributed by atoms with Crippen molar-refractivity contribution in [3.63, 3.8) is 0 Å². The second kappa shape index (κ2) is 9.16. The average Bonchev–Trinajstić information content (AvgIpc) is 2.68. The molecule has 0 aliphatic rings. The maximum Gasteiger partial charge on any atom is 0.431 e. The molecule has 0 aliphatic carbocycles. The maximum absolute atomic E-state index is 13.1. The first-order valence-corrected chi connectivity index (χ1v) is 8.84. The van der Waals surface area contributed by atoms with E-state index in [0.29, 0.717) is 17.7 Å². The van der Waals surface area contributed by atoms with E-state index in [2.05, 4.69) is 24.5 Å². The molecule has 0 aromatic heterocycles. The number of hydrogen-bond acceptors (Lipinski definition) is 3. The number of benzene rings is 2. The number of nitriles is 1. The summed E-state index contributed by atoms with van der Waals surface area (Å²) in [6, 6.07) is 15.2. The molecular formula is C23H22F3N3. The Balaban J connectivity index is 2.37. The third kappa shape index (κ3) is 5.52. The first kappa shape index (κ1) is 21.8. The van der Waals surface area contributed by atoms with Crippen molar-refractivity contribution in [2.24, 2.45) is 0 Å². The van der Waals surface area contributed by atoms with Crippen LogP contribution in [0.15, 0.2) is 79.3 Å². The van der Waals surface area contributed by atoms with Gasteiger partial charge in [0.2, 0.25) is 0 Å². The molecular weight excluding hydrogens is 375 g/mol. The van der Waals surface area contributed by atoms with Crippen molar-refractivity contribution in [2.45, 2.75) is 19.5 Å². The highest BCUT2D eigenvalue weighted by molar-refractivity contribution is 5.59. The van der Waals surface area contributed by atoms with Gasteiger partial charge in [-0.25, -0.2) is 0 Å². The van der Waals surface area contributed by atoms with Gasteiger partial charge in [0.25, 0.3) is 0 Å². The SMILES string of the molecule is C=CN/C(=C\C(=C)N(C)c1ccc(C#N)c(Cc2ccccc2C)c1)C(F)(F)F. The van der Waals surface area contributed by atoms with Crippen LogP contribution in [0.5, 0.6) is 0 Å². The number of nitrogens with one attached hydrogen (secondary N) is 1. The van der Waals surface area contributed by atoms with Gasteiger partial charge in [-0.3, -0.25) is 0 Å². The standard InChI is InChI=1S/C23H22F3N3/c1-5-28-22(23(24,25)26)12-17(3)29(4)21-11-10-19(15-27)20(14-21)13-18-9-7-6-8-16(18)2/h5-12,14,28H,1,3,13H2,2,4H3/b22-12-. The fourth-order valence-electron chi connectivity index (χ4n) is 2.80. The second-order valence-corrected chi connectivity index (χ2v) is 6.51. The number of halogens is 3. The Morgan fingerprint density at radius 1 is 1.21 bits per heavy atom. The fourth-order valence-corrected chi connectivity index (χ4v) is 2.80. The minimum Gasteiger partial charge on any atom is -0.358 e. The summed E-state index contributed by atoms with van der Waals surface area (Å²) in [5.41, 5.74) is 3.31. The van der Waals surface area contributed by atoms with Crippen molar-refractivity contribution in [1.29, 1.82) is 5.26 Å². The van der Waals surface area contributed by atoms with Crippen LogP contribution in [0.4, 0.5) is 18.9 Å². The summed E-state index contributed by atoms with van der Waals surface area (Å²) in [6.45, 7) is 9.02. The smallest absolute Gasteiger partial charge is 0.358 e. The average molecular weight is 397 g/mol. The fraction of sp³-hybridized carbons (Fsp3) is 0.174. The molecule has 150 valence electrons. The van der Waals surface area contributed by atoms with E-state index in [1.54, 1.807) is 30.1 Å². The number of nitrogens with zero attached hydrogens (tertiary/aromatic N) is 2. The maximum atomic E-state index is 13.1. The lowest BCUT2D eigenvalue weighted by Gasteiger charge is -2.22. The summed E-state index contributed by atoms with van der Waals surface area (Å²) >= 11 is 0. The van der Waals surface area contributed by atoms with Crippen LogP contribution < -0.4 is 10.2 Å². The Hall–Kier alpha value is -3.46. The number of allylic oxidation sites excluding steroid dienone is 2. The van der Waals surface area contributed by atoms with Crippen LogP contribution in [0.1, 0.15) is 22.3 Å². The Bertz CT molecular complexity index is 982. The lowest BCUT2D eigenvalue weighted by atomic mass is 9.96. The van der Waals surface area contributed by atoms with Crippen molar-refractivity contribution in [2.75, 3.05) is 11.9 Å². The van der Waals surface area contributed by atoms with Crippen LogP contribution >= 0.6 is 0 Å². The lowest BCUT2D eigenvalue weighted by Crippen LogP contribution is -2.24. The number of alkyl halides is 3. The van der Waals surface area contributed by atoms with Gasteiger partial charge in [0, 0.05) is 18.4 Å². The minimum absolute atomic E-state index is 0.137. The van der Waals surface area contributed by atoms with Gasteiger partial charge in [-0.05, 0) is 60.5 Å². The molecule has 3 nitrogen and oxygen atoms in total. The van der Waals surface area contributed by atoms with Crippen molar-refractivity contribution in [3.8, 4) is 6.07 Å². The van der Waals surface area contributed by atoms with Crippen LogP contribution in [0.25, 0.3) is 0 Å². The predicted molar refractivity (Wildman–Crippen MR) is 110 cm³/mol. The number of likely N-dealkylation sites (N-methyl/N-ethyl adjacent to an activating group) is 1. The molecule has 0 saturated heterocycles. The van der Waals surface area contributed by atoms with Crippen LogP contribution in [-0.4, -0.2) is 13.2 Å². The molecule has 0 saturated carbocycles. The van der Waals surface area contributed by atoms with Gasteiger partial charge in [0.1, 0.15) is 5.70 Å². The Morgan fingerprint density at radius 2 is 1.90 bits per heavy atom. The molecule has 0 unspecified atom stereocenters. The highest BCUT2D eigenvalue weighted by Gasteiger charge is 2.33. The summed E-state index contributed by atoms with van der Waals surface area (Å²) in [5, 5.41) is 11.5. The Morgan fingerprint density at radius 3 is 2.48 bits per heavy atom. The van der Waals surface area contributed by atoms with Crippen LogP contribution in [-0.2, 0) is 6.42 Å². The van der Waals surface area contributed by atoms with Crippen LogP contribution in [0.2, 0.25) is 0 Å². The van der Waals surface area contributed by atoms with Gasteiger partial charge >= 0.3 is 6.18 Å². The molecule has 0 radical (unpaired) electrons. The summed E-state index contributed by atoms with van der Waals surface area (Å²) in [4.78, 5) is 1.54. The van der Waals surface area contributed by atoms with E-state index in [4.69, 9.17) is 0 Å². The van der Waals surface area contributed by atoms with E-state index in [1.165, 1.54) is 0 Å². The molecule has 29 heavy (non-hydrogen) atoms. The van der Waals surface area contributed by atoms with Crippen molar-refractivity contribution < 1.29 is 13.2 Å². The zero-order chi connectivity index (χ0) is 21.6. The largest absolute Gasteiger partial charge is 0.431 e. The minimum atomic E-state index is -4.56. The number of hydrogen-bond donors (Lipinski definition) is 1. The van der Waals surface area contributed by atoms with Crippen molar-refractivity contribution in [3.05, 3.63) is 102 Å². The van der Waals surface area contributed by atoms with Gasteiger partial charge < -0.3 is 10.2 Å². The third-order valence-electron chi connectivity index (χ3n) is 4.54. The van der Waals surface area contributed by atoms with Gasteiger partial charge in [-0.15, -0.1) is 0 Å². The van der Waals surface area contributed by atoms with Crippen molar-refractivity contribution >= 4 is 5.69 Å². The molecule has 0 fully saturated rings. The highest BCUT2D eigenvalue weighted by Crippen LogP contribution is 2.28. The summed E-state index contributed by atoms with van der Waals surface area (Å²) < 4.78 is 39.3. The molecule has 2 rings (SSSR count). The molecule has 0 amide bonds. The van der Waals surface area contributed by atoms with E-state index < -0.39 is 11.9 Å². The zero-order valence-corrected chi connectivity index (χ0v) is 16.3. The van der Waals surface area contributed by atoms with E-state index in [9.17, 15) is 18.4 Å². The molecule has 0 atom stereocenters. The summed E-state index contributed by atoms with van der Waals surface area (Å²) in [6.07, 6.45) is -2.13. The topological polar surface area (TPSA) is 39.1 Å². The van der Waals surface area contributed by atoms with E-state index >= 15 is 0 Å². The molecule has 0 aliphatic heterocycles. The normalized spacial score (nSPS) is 11.5. The first-order chi connectivity index (χ1) is 13.7. The summed E-state index contributed by atoms with van der Waals surface area (Å²) in [5.74, 6) is 0. The lowest BCUT2D eigenvalue weighted by molar-refractivity contribution is -0.0954. The molecule has 2 aromatic carbocycles. The third-order valence-corrected chi connectivity index (χ3v) is 4.54. The number of anilines is 1. The quantitative estimate of drug-likeness (QED) is 0.620. The van der Waals surface area contributed by atoms with E-state index in [-0.39, 0.29) is 5.70 Å². The second-order valence-electron chi connectivity index (χ2n) is 6.51. The Labute approximate surface area is 169 Å². The number of rotatable bonds is 7. The first-order valence-electron chi connectivity index (χ1n) is 8.84. The predicted octanol–water partition coefficient (Wildman–Crippen LogP) is 5.59. The highest BCUT2D eigenvalue weighted by atomic mass is 19.4. The monoisotopic (exact) mass is 397 g/mol. The molecule has 6 heteroatoms. The van der Waals surface area contributed by atoms with E-state index in [0.717, 1.165) is 29.0 Å². The molecule has 1 N–H and O–H groups in total. The molecule has 0 bridgehead atoms. The van der Waals surface area contributed by atoms with Gasteiger partial charge in [-0.2, -0.15) is 18.4 Å². The molecule has 0 spiro atoms. The zero-order valence-electron chi connectivity index (χ0n) is 16.3. The van der Waals surface area contributed by atoms with Gasteiger partial charge in [-0.1, -0.05) is 37.4 Å². The van der Waals surface area contributed by atoms with Crippen LogP contribution in [0.3, 0.4) is 0 Å². The van der Waals surface area contributed by atoms with Gasteiger partial charge in [0.05, 0.1) is 11.6 Å². The van der Waals surface area contributed by atoms with Gasteiger partial charge in [0.15, 0.2) is 0 Å². The molecule has 0 heterocycles. The number of aryl methyl sites for hydroxylation is 1. The summed E-state index contributed by atoms with van der Waals surface area (Å²) in [7, 11) is 1.62. The molecule has 2 aromatic rings.